The van der Waals surface area contributed by atoms with Crippen LogP contribution < -0.4 is 5.73 Å². The molecule has 0 radical (unpaired) electrons. The average Bonchev–Trinajstić information content (AvgIpc) is 2.60. The van der Waals surface area contributed by atoms with E-state index in [0.717, 1.165) is 37.3 Å². The summed E-state index contributed by atoms with van der Waals surface area (Å²) in [5.41, 5.74) is 8.05. The Hall–Kier alpha value is -1.56. The van der Waals surface area contributed by atoms with E-state index in [1.54, 1.807) is 4.68 Å². The summed E-state index contributed by atoms with van der Waals surface area (Å²) in [6, 6.07) is 0. The summed E-state index contributed by atoms with van der Waals surface area (Å²) in [5, 5.41) is 4.24. The van der Waals surface area contributed by atoms with Gasteiger partial charge in [-0.05, 0) is 33.7 Å². The highest BCUT2D eigenvalue weighted by Gasteiger charge is 2.21. The van der Waals surface area contributed by atoms with E-state index in [-0.39, 0.29) is 18.6 Å². The van der Waals surface area contributed by atoms with Crippen LogP contribution >= 0.6 is 0 Å². The van der Waals surface area contributed by atoms with Gasteiger partial charge >= 0.3 is 5.97 Å². The highest BCUT2D eigenvalue weighted by atomic mass is 16.5. The number of nitrogen functional groups attached to an aromatic ring is 1. The number of aromatic nitrogens is 2. The lowest BCUT2D eigenvalue weighted by molar-refractivity contribution is -0.152. The Morgan fingerprint density at radius 3 is 2.58 bits per heavy atom. The Morgan fingerprint density at radius 2 is 2.05 bits per heavy atom. The fourth-order valence-electron chi connectivity index (χ4n) is 2.31. The van der Waals surface area contributed by atoms with Gasteiger partial charge in [-0.1, -0.05) is 0 Å². The van der Waals surface area contributed by atoms with Crippen LogP contribution in [0.4, 0.5) is 5.69 Å². The molecule has 2 N–H and O–H groups in total. The third-order valence-electron chi connectivity index (χ3n) is 3.68. The molecule has 1 aliphatic rings. The van der Waals surface area contributed by atoms with Crippen molar-refractivity contribution in [1.29, 1.82) is 0 Å². The van der Waals surface area contributed by atoms with Crippen molar-refractivity contribution >= 4 is 11.7 Å². The van der Waals surface area contributed by atoms with Gasteiger partial charge in [-0.25, -0.2) is 0 Å². The number of hydrogen-bond donors (Lipinski definition) is 1. The minimum absolute atomic E-state index is 0.0398. The van der Waals surface area contributed by atoms with Crippen molar-refractivity contribution in [2.24, 2.45) is 0 Å². The van der Waals surface area contributed by atoms with Crippen LogP contribution in [0, 0.1) is 13.8 Å². The van der Waals surface area contributed by atoms with Gasteiger partial charge in [0.15, 0.2) is 0 Å². The molecule has 1 aliphatic heterocycles. The Labute approximate surface area is 113 Å². The molecule has 2 heterocycles. The number of carbonyl (C=O) groups excluding carboxylic acids is 1. The smallest absolute Gasteiger partial charge is 0.328 e. The zero-order valence-electron chi connectivity index (χ0n) is 11.8. The monoisotopic (exact) mass is 266 g/mol. The van der Waals surface area contributed by atoms with Crippen LogP contribution in [-0.4, -0.2) is 46.9 Å². The maximum absolute atomic E-state index is 11.9. The molecule has 6 heteroatoms. The van der Waals surface area contributed by atoms with Crippen molar-refractivity contribution in [3.05, 3.63) is 11.4 Å². The van der Waals surface area contributed by atoms with Crippen molar-refractivity contribution in [3.8, 4) is 0 Å². The van der Waals surface area contributed by atoms with E-state index in [9.17, 15) is 4.79 Å². The largest absolute Gasteiger partial charge is 0.461 e. The van der Waals surface area contributed by atoms with E-state index < -0.39 is 0 Å². The molecule has 106 valence electrons. The number of piperidine rings is 1. The van der Waals surface area contributed by atoms with E-state index in [2.05, 4.69) is 17.0 Å². The van der Waals surface area contributed by atoms with Crippen molar-refractivity contribution in [1.82, 2.24) is 14.7 Å². The van der Waals surface area contributed by atoms with E-state index in [0.29, 0.717) is 5.69 Å². The molecule has 1 fully saturated rings. The molecule has 19 heavy (non-hydrogen) atoms. The van der Waals surface area contributed by atoms with Crippen LogP contribution in [0.15, 0.2) is 0 Å². The first kappa shape index (κ1) is 13.9. The Balaban J connectivity index is 1.89. The second-order valence-electron chi connectivity index (χ2n) is 5.23. The first-order valence-corrected chi connectivity index (χ1v) is 6.65. The van der Waals surface area contributed by atoms with Gasteiger partial charge in [0, 0.05) is 13.1 Å². The molecule has 0 saturated carbocycles. The third-order valence-corrected chi connectivity index (χ3v) is 3.68. The number of ether oxygens (including phenoxy) is 1. The fraction of sp³-hybridized carbons (Fsp3) is 0.692. The topological polar surface area (TPSA) is 73.4 Å². The molecule has 0 unspecified atom stereocenters. The standard InChI is InChI=1S/C13H22N4O2/c1-9-13(14)10(2)17(15-9)8-12(18)19-11-4-6-16(3)7-5-11/h11H,4-8,14H2,1-3H3. The number of likely N-dealkylation sites (tertiary alicyclic amines) is 1. The number of aryl methyl sites for hydroxylation is 1. The molecule has 0 aromatic carbocycles. The quantitative estimate of drug-likeness (QED) is 0.816. The predicted molar refractivity (Wildman–Crippen MR) is 72.7 cm³/mol. The SMILES string of the molecule is Cc1nn(CC(=O)OC2CCN(C)CC2)c(C)c1N. The third kappa shape index (κ3) is 3.26. The Bertz CT molecular complexity index is 461. The van der Waals surface area contributed by atoms with Crippen LogP contribution in [0.2, 0.25) is 0 Å². The minimum atomic E-state index is -0.236. The second kappa shape index (κ2) is 5.61. The van der Waals surface area contributed by atoms with Gasteiger partial charge < -0.3 is 15.4 Å². The summed E-state index contributed by atoms with van der Waals surface area (Å²) in [6.45, 7) is 5.78. The fourth-order valence-corrected chi connectivity index (χ4v) is 2.31. The highest BCUT2D eigenvalue weighted by molar-refractivity contribution is 5.69. The molecule has 1 aromatic rings. The summed E-state index contributed by atoms with van der Waals surface area (Å²) < 4.78 is 7.09. The molecule has 0 atom stereocenters. The summed E-state index contributed by atoms with van der Waals surface area (Å²) in [5.74, 6) is -0.236. The molecular formula is C13H22N4O2. The van der Waals surface area contributed by atoms with Crippen molar-refractivity contribution in [3.63, 3.8) is 0 Å². The maximum atomic E-state index is 11.9. The Morgan fingerprint density at radius 1 is 1.42 bits per heavy atom. The minimum Gasteiger partial charge on any atom is -0.461 e. The van der Waals surface area contributed by atoms with Crippen LogP contribution in [0.25, 0.3) is 0 Å². The number of carbonyl (C=O) groups is 1. The summed E-state index contributed by atoms with van der Waals surface area (Å²) in [7, 11) is 2.08. The zero-order chi connectivity index (χ0) is 14.0. The average molecular weight is 266 g/mol. The van der Waals surface area contributed by atoms with Gasteiger partial charge in [0.1, 0.15) is 12.6 Å². The zero-order valence-corrected chi connectivity index (χ0v) is 11.8. The van der Waals surface area contributed by atoms with E-state index in [4.69, 9.17) is 10.5 Å². The second-order valence-corrected chi connectivity index (χ2v) is 5.23. The van der Waals surface area contributed by atoms with E-state index in [1.807, 2.05) is 13.8 Å². The maximum Gasteiger partial charge on any atom is 0.328 e. The van der Waals surface area contributed by atoms with E-state index >= 15 is 0 Å². The van der Waals surface area contributed by atoms with Gasteiger partial charge in [0.25, 0.3) is 0 Å². The molecular weight excluding hydrogens is 244 g/mol. The van der Waals surface area contributed by atoms with Gasteiger partial charge in [-0.2, -0.15) is 5.10 Å². The molecule has 1 aromatic heterocycles. The number of anilines is 1. The molecule has 2 rings (SSSR count). The van der Waals surface area contributed by atoms with Crippen LogP contribution in [-0.2, 0) is 16.1 Å². The van der Waals surface area contributed by atoms with E-state index in [1.165, 1.54) is 0 Å². The number of rotatable bonds is 3. The predicted octanol–water partition coefficient (Wildman–Crippen LogP) is 0.720. The van der Waals surface area contributed by atoms with Gasteiger partial charge in [0.2, 0.25) is 0 Å². The lowest BCUT2D eigenvalue weighted by Gasteiger charge is -2.28. The molecule has 0 aliphatic carbocycles. The normalized spacial score (nSPS) is 17.6. The lowest BCUT2D eigenvalue weighted by Crippen LogP contribution is -2.36. The number of nitrogens with two attached hydrogens (primary N) is 1. The van der Waals surface area contributed by atoms with Crippen molar-refractivity contribution in [2.75, 3.05) is 25.9 Å². The van der Waals surface area contributed by atoms with Gasteiger partial charge in [0.05, 0.1) is 17.1 Å². The number of esters is 1. The summed E-state index contributed by atoms with van der Waals surface area (Å²) in [4.78, 5) is 14.1. The summed E-state index contributed by atoms with van der Waals surface area (Å²) >= 11 is 0. The van der Waals surface area contributed by atoms with Crippen LogP contribution in [0.5, 0.6) is 0 Å². The molecule has 0 bridgehead atoms. The van der Waals surface area contributed by atoms with Gasteiger partial charge in [-0.3, -0.25) is 9.48 Å². The molecule has 0 spiro atoms. The summed E-state index contributed by atoms with van der Waals surface area (Å²) in [6.07, 6.45) is 1.85. The first-order valence-electron chi connectivity index (χ1n) is 6.65. The molecule has 1 saturated heterocycles. The highest BCUT2D eigenvalue weighted by Crippen LogP contribution is 2.16. The van der Waals surface area contributed by atoms with Crippen molar-refractivity contribution < 1.29 is 9.53 Å². The number of hydrogen-bond acceptors (Lipinski definition) is 5. The van der Waals surface area contributed by atoms with Gasteiger partial charge in [-0.15, -0.1) is 0 Å². The van der Waals surface area contributed by atoms with Crippen molar-refractivity contribution in [2.45, 2.75) is 39.3 Å². The first-order chi connectivity index (χ1) is 8.97. The van der Waals surface area contributed by atoms with Crippen LogP contribution in [0.3, 0.4) is 0 Å². The Kier molecular flexibility index (Phi) is 4.09. The number of nitrogens with zero attached hydrogens (tertiary/aromatic N) is 3. The molecule has 0 amide bonds. The lowest BCUT2D eigenvalue weighted by atomic mass is 10.1. The van der Waals surface area contributed by atoms with Crippen LogP contribution in [0.1, 0.15) is 24.2 Å². The molecule has 6 nitrogen and oxygen atoms in total.